The number of halogens is 4. The van der Waals surface area contributed by atoms with Crippen LogP contribution in [0.5, 0.6) is 0 Å². The van der Waals surface area contributed by atoms with Gasteiger partial charge in [0.25, 0.3) is 0 Å². The van der Waals surface area contributed by atoms with E-state index in [4.69, 9.17) is 70.5 Å². The van der Waals surface area contributed by atoms with Crippen LogP contribution in [0.3, 0.4) is 0 Å². The number of pyridine rings is 2. The maximum atomic E-state index is 5.50. The molecule has 0 unspecified atom stereocenters. The van der Waals surface area contributed by atoms with Gasteiger partial charge in [-0.1, -0.05) is 184 Å². The first-order chi connectivity index (χ1) is 36.8. The predicted molar refractivity (Wildman–Crippen MR) is 337 cm³/mol. The summed E-state index contributed by atoms with van der Waals surface area (Å²) < 4.78 is 0. The molecule has 0 amide bonds. The van der Waals surface area contributed by atoms with E-state index >= 15 is 0 Å². The molecule has 2 heterocycles. The quantitative estimate of drug-likeness (QED) is 0.0854. The number of aromatic nitrogens is 2. The van der Waals surface area contributed by atoms with Gasteiger partial charge in [-0.25, -0.2) is 9.97 Å². The van der Waals surface area contributed by atoms with Crippen molar-refractivity contribution in [3.05, 3.63) is 164 Å². The van der Waals surface area contributed by atoms with Gasteiger partial charge in [-0.3, -0.25) is 20.0 Å². The number of hydrogen-bond acceptors (Lipinski definition) is 6. The van der Waals surface area contributed by atoms with Gasteiger partial charge in [0.05, 0.1) is 68.4 Å². The molecule has 2 aromatic heterocycles. The summed E-state index contributed by atoms with van der Waals surface area (Å²) in [4.78, 5) is 32.9. The van der Waals surface area contributed by atoms with Gasteiger partial charge < -0.3 is 0 Å². The number of para-hydroxylation sites is 4. The Bertz CT molecular complexity index is 2590. The number of rotatable bonds is 17. The first-order valence-electron chi connectivity index (χ1n) is 27.3. The molecule has 12 heteroatoms. The Morgan fingerprint density at radius 3 is 0.577 bits per heavy atom. The molecule has 424 valence electrons. The number of benzene rings is 4. The fraction of sp³-hybridized carbons (Fsp3) is 0.424. The molecule has 0 saturated carbocycles. The average molecular weight is 1220 g/mol. The van der Waals surface area contributed by atoms with E-state index in [1.54, 1.807) is 0 Å². The summed E-state index contributed by atoms with van der Waals surface area (Å²) >= 11 is 0.764. The van der Waals surface area contributed by atoms with Gasteiger partial charge in [0.2, 0.25) is 0 Å². The van der Waals surface area contributed by atoms with Gasteiger partial charge in [0.1, 0.15) is 0 Å². The summed E-state index contributed by atoms with van der Waals surface area (Å²) in [5.41, 5.74) is 22.5. The van der Waals surface area contributed by atoms with E-state index in [0.29, 0.717) is 73.1 Å². The van der Waals surface area contributed by atoms with Crippen molar-refractivity contribution in [3.8, 4) is 11.1 Å². The minimum atomic E-state index is 0.298. The molecule has 0 atom stereocenters. The van der Waals surface area contributed by atoms with E-state index in [0.717, 1.165) is 79.5 Å². The molecule has 0 fully saturated rings. The Hall–Kier alpha value is -3.97. The molecular formula is C66H84Cl4Co2N6. The van der Waals surface area contributed by atoms with Crippen molar-refractivity contribution in [1.82, 2.24) is 9.97 Å². The van der Waals surface area contributed by atoms with Crippen LogP contribution in [0.4, 0.5) is 22.7 Å². The van der Waals surface area contributed by atoms with Gasteiger partial charge in [-0.2, -0.15) is 0 Å². The van der Waals surface area contributed by atoms with Crippen molar-refractivity contribution in [2.24, 2.45) is 20.0 Å². The van der Waals surface area contributed by atoms with Crippen LogP contribution in [0.2, 0.25) is 0 Å². The van der Waals surface area contributed by atoms with Crippen molar-refractivity contribution in [2.45, 2.75) is 186 Å². The molecule has 4 aromatic carbocycles. The summed E-state index contributed by atoms with van der Waals surface area (Å²) in [5, 5.41) is 0. The monoisotopic (exact) mass is 1220 g/mol. The Balaban J connectivity index is 0.00000209. The third-order valence-electron chi connectivity index (χ3n) is 14.0. The Labute approximate surface area is 499 Å². The number of aliphatic imine (C=N–C) groups is 4. The van der Waals surface area contributed by atoms with E-state index in [9.17, 15) is 0 Å². The third kappa shape index (κ3) is 17.5. The second-order valence-electron chi connectivity index (χ2n) is 22.5. The molecule has 0 aliphatic rings. The molecule has 0 saturated heterocycles. The zero-order valence-electron chi connectivity index (χ0n) is 49.7. The molecular weight excluding hydrogens is 1140 g/mol. The Morgan fingerprint density at radius 1 is 0.308 bits per heavy atom. The maximum absolute atomic E-state index is 5.50. The van der Waals surface area contributed by atoms with Crippen LogP contribution < -0.4 is 0 Å². The topological polar surface area (TPSA) is 75.2 Å². The van der Waals surface area contributed by atoms with Crippen LogP contribution in [-0.2, 0) is 25.8 Å². The average Bonchev–Trinajstić information content (AvgIpc) is 3.38. The Morgan fingerprint density at radius 2 is 0.449 bits per heavy atom. The van der Waals surface area contributed by atoms with Crippen molar-refractivity contribution in [2.75, 3.05) is 0 Å². The summed E-state index contributed by atoms with van der Waals surface area (Å²) in [7, 11) is 18.9. The molecule has 0 N–H and O–H groups in total. The molecule has 6 nitrogen and oxygen atoms in total. The van der Waals surface area contributed by atoms with Gasteiger partial charge in [0, 0.05) is 0 Å². The Kier molecular flexibility index (Phi) is 26.7. The van der Waals surface area contributed by atoms with Crippen LogP contribution in [-0.4, -0.2) is 32.8 Å². The van der Waals surface area contributed by atoms with Gasteiger partial charge >= 0.3 is 66.4 Å². The second kappa shape index (κ2) is 31.3. The predicted octanol–water partition coefficient (Wildman–Crippen LogP) is 22.4. The van der Waals surface area contributed by atoms with Crippen LogP contribution in [0.15, 0.2) is 117 Å². The van der Waals surface area contributed by atoms with E-state index in [-0.39, 0.29) is 0 Å². The van der Waals surface area contributed by atoms with Gasteiger partial charge in [-0.15, -0.1) is 0 Å². The summed E-state index contributed by atoms with van der Waals surface area (Å²) in [6, 6.07) is 35.2. The summed E-state index contributed by atoms with van der Waals surface area (Å²) in [6.45, 7) is 44.3. The zero-order valence-corrected chi connectivity index (χ0v) is 54.8. The fourth-order valence-electron chi connectivity index (χ4n) is 9.60. The van der Waals surface area contributed by atoms with Crippen LogP contribution in [0, 0.1) is 0 Å². The van der Waals surface area contributed by atoms with Crippen molar-refractivity contribution >= 4 is 86.2 Å². The van der Waals surface area contributed by atoms with Crippen molar-refractivity contribution < 1.29 is 25.8 Å². The number of hydrogen-bond donors (Lipinski definition) is 0. The molecule has 0 aliphatic carbocycles. The molecule has 6 aromatic rings. The molecule has 0 radical (unpaired) electrons. The zero-order chi connectivity index (χ0) is 58.3. The number of nitrogens with zero attached hydrogens (tertiary/aromatic N) is 6. The van der Waals surface area contributed by atoms with Crippen molar-refractivity contribution in [1.29, 1.82) is 0 Å². The van der Waals surface area contributed by atoms with E-state index in [1.165, 1.54) is 44.5 Å². The minimum absolute atomic E-state index is 0.298. The van der Waals surface area contributed by atoms with Crippen LogP contribution in [0.1, 0.15) is 253 Å². The standard InChI is InChI=1S/C66H84N6.4ClH.2Co/c1-37(2)51-25-21-26-52(38(3)4)63(51)67-45(17)59-33-49(34-60(71-59)46(18)68-64-53(39(5)6)27-22-28-54(64)40(7)8)50-35-61(47(19)69-65-55(41(9)10)29-23-30-56(65)42(11)12)72-62(36-50)48(20)70-66-57(43(13)14)31-24-32-58(66)44(15)16;;;;;;/h21-44H,1-20H3;4*1H;;/q;;;;;2*+2/p-4. The van der Waals surface area contributed by atoms with Crippen LogP contribution >= 0.6 is 40.6 Å². The van der Waals surface area contributed by atoms with Crippen LogP contribution in [0.25, 0.3) is 11.1 Å². The van der Waals surface area contributed by atoms with E-state index in [1.807, 2.05) is 0 Å². The first kappa shape index (κ1) is 66.5. The normalized spacial score (nSPS) is 12.8. The molecule has 0 bridgehead atoms. The molecule has 0 aliphatic heterocycles. The van der Waals surface area contributed by atoms with E-state index < -0.39 is 0 Å². The van der Waals surface area contributed by atoms with Gasteiger partial charge in [0.15, 0.2) is 0 Å². The SMILES string of the molecule is CC(=Nc1c(C(C)C)cccc1C(C)C)c1cc(-c2cc(C(C)=Nc3c(C(C)C)cccc3C(C)C)nc(C(C)=Nc3c(C(C)C)cccc3C(C)C)c2)cc(C(C)=Nc2c(C(C)C)cccc2C(C)C)n1.[Cl][Co][Cl].[Cl][Co][Cl]. The first-order valence-corrected chi connectivity index (χ1v) is 33.0. The molecule has 6 rings (SSSR count). The summed E-state index contributed by atoms with van der Waals surface area (Å²) in [5.74, 6) is 2.39. The second-order valence-corrected chi connectivity index (χ2v) is 26.0. The third-order valence-corrected chi connectivity index (χ3v) is 14.0. The van der Waals surface area contributed by atoms with Crippen molar-refractivity contribution in [3.63, 3.8) is 0 Å². The summed E-state index contributed by atoms with van der Waals surface area (Å²) in [6.07, 6.45) is 0. The molecule has 78 heavy (non-hydrogen) atoms. The fourth-order valence-corrected chi connectivity index (χ4v) is 9.60. The van der Waals surface area contributed by atoms with E-state index in [2.05, 4.69) is 236 Å². The van der Waals surface area contributed by atoms with Gasteiger partial charge in [-0.05, 0) is 155 Å². The molecule has 0 spiro atoms.